The highest BCUT2D eigenvalue weighted by atomic mass is 16.3. The van der Waals surface area contributed by atoms with Crippen LogP contribution in [0.2, 0.25) is 0 Å². The summed E-state index contributed by atoms with van der Waals surface area (Å²) in [6.45, 7) is 3.57. The van der Waals surface area contributed by atoms with E-state index >= 15 is 0 Å². The van der Waals surface area contributed by atoms with E-state index in [0.29, 0.717) is 5.69 Å². The fraction of sp³-hybridized carbons (Fsp3) is 0.462. The summed E-state index contributed by atoms with van der Waals surface area (Å²) in [4.78, 5) is 13.6. The first-order chi connectivity index (χ1) is 7.88. The Balaban J connectivity index is 2.77. The van der Waals surface area contributed by atoms with Crippen LogP contribution in [0.15, 0.2) is 24.3 Å². The molecule has 0 aromatic heterocycles. The van der Waals surface area contributed by atoms with Gasteiger partial charge in [-0.15, -0.1) is 0 Å². The molecule has 0 saturated heterocycles. The van der Waals surface area contributed by atoms with Crippen molar-refractivity contribution in [3.8, 4) is 0 Å². The van der Waals surface area contributed by atoms with Gasteiger partial charge < -0.3 is 15.7 Å². The molecule has 17 heavy (non-hydrogen) atoms. The Morgan fingerprint density at radius 3 is 2.53 bits per heavy atom. The lowest BCUT2D eigenvalue weighted by Gasteiger charge is -2.34. The molecule has 0 heterocycles. The highest BCUT2D eigenvalue weighted by molar-refractivity contribution is 5.80. The normalized spacial score (nSPS) is 11.3. The lowest BCUT2D eigenvalue weighted by Crippen LogP contribution is -2.48. The number of likely N-dealkylation sites (N-methyl/N-ethyl adjacent to an activating group) is 1. The summed E-state index contributed by atoms with van der Waals surface area (Å²) in [5.74, 6) is -0.0537. The van der Waals surface area contributed by atoms with Crippen molar-refractivity contribution >= 4 is 11.6 Å². The minimum Gasteiger partial charge on any atom is -0.398 e. The van der Waals surface area contributed by atoms with E-state index in [0.717, 1.165) is 5.56 Å². The molecule has 3 N–H and O–H groups in total. The molecule has 0 fully saturated rings. The third-order valence-electron chi connectivity index (χ3n) is 3.07. The van der Waals surface area contributed by atoms with E-state index < -0.39 is 5.54 Å². The quantitative estimate of drug-likeness (QED) is 0.768. The summed E-state index contributed by atoms with van der Waals surface area (Å²) < 4.78 is 0. The molecule has 1 aromatic rings. The summed E-state index contributed by atoms with van der Waals surface area (Å²) >= 11 is 0. The SMILES string of the molecule is CN(C(=O)Cc1ccccc1N)C(C)(C)CO. The van der Waals surface area contributed by atoms with Gasteiger partial charge in [-0.2, -0.15) is 0 Å². The molecule has 94 valence electrons. The van der Waals surface area contributed by atoms with E-state index in [2.05, 4.69) is 0 Å². The highest BCUT2D eigenvalue weighted by Gasteiger charge is 2.26. The molecule has 0 aliphatic carbocycles. The maximum atomic E-state index is 12.0. The molecular formula is C13H20N2O2. The number of carbonyl (C=O) groups is 1. The fourth-order valence-electron chi connectivity index (χ4n) is 1.42. The van der Waals surface area contributed by atoms with E-state index in [1.165, 1.54) is 0 Å². The number of nitrogen functional groups attached to an aromatic ring is 1. The number of hydrogen-bond acceptors (Lipinski definition) is 3. The maximum absolute atomic E-state index is 12.0. The second-order valence-electron chi connectivity index (χ2n) is 4.80. The van der Waals surface area contributed by atoms with Crippen molar-refractivity contribution in [1.82, 2.24) is 4.90 Å². The number of benzene rings is 1. The third kappa shape index (κ3) is 3.20. The van der Waals surface area contributed by atoms with Crippen LogP contribution < -0.4 is 5.73 Å². The van der Waals surface area contributed by atoms with Crippen molar-refractivity contribution in [2.24, 2.45) is 0 Å². The van der Waals surface area contributed by atoms with E-state index in [1.54, 1.807) is 18.0 Å². The molecule has 4 nitrogen and oxygen atoms in total. The number of aliphatic hydroxyl groups excluding tert-OH is 1. The van der Waals surface area contributed by atoms with Crippen molar-refractivity contribution < 1.29 is 9.90 Å². The van der Waals surface area contributed by atoms with E-state index in [1.807, 2.05) is 32.0 Å². The van der Waals surface area contributed by atoms with Crippen LogP contribution in [0.3, 0.4) is 0 Å². The summed E-state index contributed by atoms with van der Waals surface area (Å²) in [6, 6.07) is 7.31. The van der Waals surface area contributed by atoms with Crippen molar-refractivity contribution in [2.75, 3.05) is 19.4 Å². The Morgan fingerprint density at radius 1 is 1.41 bits per heavy atom. The van der Waals surface area contributed by atoms with Crippen molar-refractivity contribution in [2.45, 2.75) is 25.8 Å². The van der Waals surface area contributed by atoms with Gasteiger partial charge in [-0.05, 0) is 25.5 Å². The average Bonchev–Trinajstić information content (AvgIpc) is 2.31. The Kier molecular flexibility index (Phi) is 4.12. The molecule has 1 aromatic carbocycles. The lowest BCUT2D eigenvalue weighted by molar-refractivity contribution is -0.135. The van der Waals surface area contributed by atoms with E-state index in [4.69, 9.17) is 5.73 Å². The van der Waals surface area contributed by atoms with Gasteiger partial charge in [-0.25, -0.2) is 0 Å². The number of aliphatic hydroxyl groups is 1. The van der Waals surface area contributed by atoms with Crippen molar-refractivity contribution in [1.29, 1.82) is 0 Å². The van der Waals surface area contributed by atoms with Crippen LogP contribution in [-0.4, -0.2) is 35.1 Å². The van der Waals surface area contributed by atoms with Crippen LogP contribution in [-0.2, 0) is 11.2 Å². The first-order valence-corrected chi connectivity index (χ1v) is 5.59. The fourth-order valence-corrected chi connectivity index (χ4v) is 1.42. The number of anilines is 1. The Bertz CT molecular complexity index is 402. The maximum Gasteiger partial charge on any atom is 0.227 e. The van der Waals surface area contributed by atoms with Gasteiger partial charge in [0.1, 0.15) is 0 Å². The van der Waals surface area contributed by atoms with Gasteiger partial charge >= 0.3 is 0 Å². The van der Waals surface area contributed by atoms with E-state index in [-0.39, 0.29) is 18.9 Å². The average molecular weight is 236 g/mol. The molecule has 0 radical (unpaired) electrons. The number of amides is 1. The minimum absolute atomic E-state index is 0.0537. The number of carbonyl (C=O) groups excluding carboxylic acids is 1. The topological polar surface area (TPSA) is 66.6 Å². The first-order valence-electron chi connectivity index (χ1n) is 5.59. The van der Waals surface area contributed by atoms with Crippen LogP contribution in [0.1, 0.15) is 19.4 Å². The van der Waals surface area contributed by atoms with Gasteiger partial charge in [-0.3, -0.25) is 4.79 Å². The standard InChI is InChI=1S/C13H20N2O2/c1-13(2,9-16)15(3)12(17)8-10-6-4-5-7-11(10)14/h4-7,16H,8-9,14H2,1-3H3. The zero-order valence-corrected chi connectivity index (χ0v) is 10.6. The van der Waals surface area contributed by atoms with Gasteiger partial charge in [-0.1, -0.05) is 18.2 Å². The summed E-state index contributed by atoms with van der Waals surface area (Å²) in [6.07, 6.45) is 0.257. The summed E-state index contributed by atoms with van der Waals surface area (Å²) in [5, 5.41) is 9.22. The molecule has 0 unspecified atom stereocenters. The molecule has 0 bridgehead atoms. The van der Waals surface area contributed by atoms with Crippen LogP contribution in [0.4, 0.5) is 5.69 Å². The summed E-state index contributed by atoms with van der Waals surface area (Å²) in [5.41, 5.74) is 6.67. The van der Waals surface area contributed by atoms with Crippen LogP contribution >= 0.6 is 0 Å². The second kappa shape index (κ2) is 5.19. The Labute approximate surface area is 102 Å². The predicted molar refractivity (Wildman–Crippen MR) is 68.5 cm³/mol. The minimum atomic E-state index is -0.555. The monoisotopic (exact) mass is 236 g/mol. The lowest BCUT2D eigenvalue weighted by atomic mass is 10.0. The molecule has 0 atom stereocenters. The van der Waals surface area contributed by atoms with Gasteiger partial charge in [0, 0.05) is 12.7 Å². The molecule has 1 rings (SSSR count). The van der Waals surface area contributed by atoms with Gasteiger partial charge in [0.25, 0.3) is 0 Å². The smallest absolute Gasteiger partial charge is 0.227 e. The predicted octanol–water partition coefficient (Wildman–Crippen LogP) is 1.04. The van der Waals surface area contributed by atoms with Crippen LogP contribution in [0.25, 0.3) is 0 Å². The number of hydrogen-bond donors (Lipinski definition) is 2. The number of nitrogens with zero attached hydrogens (tertiary/aromatic N) is 1. The zero-order valence-electron chi connectivity index (χ0n) is 10.6. The molecule has 0 spiro atoms. The number of nitrogens with two attached hydrogens (primary N) is 1. The number of para-hydroxylation sites is 1. The molecule has 0 saturated carbocycles. The van der Waals surface area contributed by atoms with Crippen LogP contribution in [0.5, 0.6) is 0 Å². The van der Waals surface area contributed by atoms with E-state index in [9.17, 15) is 9.90 Å². The van der Waals surface area contributed by atoms with Crippen LogP contribution in [0, 0.1) is 0 Å². The molecular weight excluding hydrogens is 216 g/mol. The molecule has 1 amide bonds. The van der Waals surface area contributed by atoms with Crippen molar-refractivity contribution in [3.05, 3.63) is 29.8 Å². The molecule has 0 aliphatic rings. The molecule has 4 heteroatoms. The molecule has 0 aliphatic heterocycles. The largest absolute Gasteiger partial charge is 0.398 e. The van der Waals surface area contributed by atoms with Gasteiger partial charge in [0.05, 0.1) is 18.6 Å². The van der Waals surface area contributed by atoms with Gasteiger partial charge in [0.2, 0.25) is 5.91 Å². The van der Waals surface area contributed by atoms with Crippen molar-refractivity contribution in [3.63, 3.8) is 0 Å². The first kappa shape index (κ1) is 13.5. The van der Waals surface area contributed by atoms with Gasteiger partial charge in [0.15, 0.2) is 0 Å². The second-order valence-corrected chi connectivity index (χ2v) is 4.80. The third-order valence-corrected chi connectivity index (χ3v) is 3.07. The number of rotatable bonds is 4. The Morgan fingerprint density at radius 2 is 2.00 bits per heavy atom. The summed E-state index contributed by atoms with van der Waals surface area (Å²) in [7, 11) is 1.69. The Hall–Kier alpha value is -1.55. The highest BCUT2D eigenvalue weighted by Crippen LogP contribution is 2.16. The zero-order chi connectivity index (χ0) is 13.1.